The summed E-state index contributed by atoms with van der Waals surface area (Å²) in [6.45, 7) is 9.58. The second kappa shape index (κ2) is 5.72. The van der Waals surface area contributed by atoms with Crippen molar-refractivity contribution in [3.05, 3.63) is 41.5 Å². The van der Waals surface area contributed by atoms with E-state index in [0.29, 0.717) is 13.0 Å². The van der Waals surface area contributed by atoms with Crippen molar-refractivity contribution in [3.8, 4) is 0 Å². The van der Waals surface area contributed by atoms with Crippen LogP contribution in [0.2, 0.25) is 0 Å². The van der Waals surface area contributed by atoms with Gasteiger partial charge in [-0.2, -0.15) is 0 Å². The first-order valence-electron chi connectivity index (χ1n) is 7.03. The molecule has 1 aliphatic rings. The Balaban J connectivity index is 2.28. The van der Waals surface area contributed by atoms with Crippen molar-refractivity contribution < 1.29 is 14.3 Å². The third-order valence-corrected chi connectivity index (χ3v) is 3.42. The Labute approximate surface area is 125 Å². The molecule has 1 atom stereocenters. The lowest BCUT2D eigenvalue weighted by Crippen LogP contribution is -2.47. The summed E-state index contributed by atoms with van der Waals surface area (Å²) >= 11 is 0. The zero-order valence-electron chi connectivity index (χ0n) is 12.8. The second-order valence-corrected chi connectivity index (χ2v) is 6.25. The molecule has 1 aliphatic heterocycles. The first-order chi connectivity index (χ1) is 9.84. The van der Waals surface area contributed by atoms with Gasteiger partial charge in [-0.05, 0) is 43.5 Å². The largest absolute Gasteiger partial charge is 0.444 e. The monoisotopic (exact) mass is 287 g/mol. The number of rotatable bonds is 2. The van der Waals surface area contributed by atoms with Crippen molar-refractivity contribution in [2.75, 3.05) is 0 Å². The highest BCUT2D eigenvalue weighted by Crippen LogP contribution is 2.25. The van der Waals surface area contributed by atoms with Crippen LogP contribution in [0, 0.1) is 0 Å². The number of carbonyl (C=O) groups excluding carboxylic acids is 2. The molecule has 0 aromatic heterocycles. The van der Waals surface area contributed by atoms with Crippen LogP contribution in [0.25, 0.3) is 6.08 Å². The van der Waals surface area contributed by atoms with Gasteiger partial charge in [-0.1, -0.05) is 24.8 Å². The number of hydrogen-bond donors (Lipinski definition) is 0. The number of carbonyl (C=O) groups is 2. The maximum atomic E-state index is 12.3. The predicted molar refractivity (Wildman–Crippen MR) is 81.9 cm³/mol. The molecule has 1 heterocycles. The van der Waals surface area contributed by atoms with Gasteiger partial charge in [-0.25, -0.2) is 4.79 Å². The Kier molecular flexibility index (Phi) is 4.16. The fourth-order valence-corrected chi connectivity index (χ4v) is 2.40. The summed E-state index contributed by atoms with van der Waals surface area (Å²) in [5, 5.41) is 0. The lowest BCUT2D eigenvalue weighted by atomic mass is 9.93. The summed E-state index contributed by atoms with van der Waals surface area (Å²) in [5.74, 6) is 0. The summed E-state index contributed by atoms with van der Waals surface area (Å²) in [6, 6.07) is 5.49. The summed E-state index contributed by atoms with van der Waals surface area (Å²) in [7, 11) is 0. The quantitative estimate of drug-likeness (QED) is 0.785. The molecule has 4 nitrogen and oxygen atoms in total. The Hall–Kier alpha value is -2.10. The van der Waals surface area contributed by atoms with Crippen LogP contribution in [-0.2, 0) is 22.5 Å². The predicted octanol–water partition coefficient (Wildman–Crippen LogP) is 3.19. The van der Waals surface area contributed by atoms with Crippen molar-refractivity contribution >= 4 is 18.5 Å². The van der Waals surface area contributed by atoms with Crippen LogP contribution in [-0.4, -0.2) is 28.9 Å². The Morgan fingerprint density at radius 1 is 1.38 bits per heavy atom. The van der Waals surface area contributed by atoms with Gasteiger partial charge in [0.1, 0.15) is 11.9 Å². The van der Waals surface area contributed by atoms with Gasteiger partial charge < -0.3 is 9.53 Å². The van der Waals surface area contributed by atoms with E-state index in [4.69, 9.17) is 4.74 Å². The maximum absolute atomic E-state index is 12.3. The van der Waals surface area contributed by atoms with E-state index >= 15 is 0 Å². The molecule has 4 heteroatoms. The number of aldehydes is 1. The van der Waals surface area contributed by atoms with Crippen molar-refractivity contribution in [3.63, 3.8) is 0 Å². The van der Waals surface area contributed by atoms with E-state index in [9.17, 15) is 9.59 Å². The van der Waals surface area contributed by atoms with Crippen LogP contribution in [0.15, 0.2) is 24.8 Å². The molecule has 0 saturated carbocycles. The first kappa shape index (κ1) is 15.3. The summed E-state index contributed by atoms with van der Waals surface area (Å²) in [5.41, 5.74) is 2.56. The van der Waals surface area contributed by atoms with Gasteiger partial charge in [0.15, 0.2) is 0 Å². The first-order valence-corrected chi connectivity index (χ1v) is 7.03. The standard InChI is InChI=1S/C17H21NO3/c1-5-12-6-7-13-9-15(11-19)18(10-14(13)8-12)16(20)21-17(2,3)4/h5-8,11,15H,1,9-10H2,2-4H3. The molecule has 112 valence electrons. The van der Waals surface area contributed by atoms with Crippen molar-refractivity contribution in [1.29, 1.82) is 0 Å². The van der Waals surface area contributed by atoms with E-state index in [1.54, 1.807) is 6.08 Å². The Morgan fingerprint density at radius 3 is 2.67 bits per heavy atom. The van der Waals surface area contributed by atoms with Gasteiger partial charge in [-0.3, -0.25) is 4.90 Å². The molecule has 0 bridgehead atoms. The zero-order chi connectivity index (χ0) is 15.6. The fraction of sp³-hybridized carbons (Fsp3) is 0.412. The van der Waals surface area contributed by atoms with Gasteiger partial charge in [0, 0.05) is 6.42 Å². The molecule has 0 aliphatic carbocycles. The van der Waals surface area contributed by atoms with Crippen molar-refractivity contribution in [1.82, 2.24) is 4.90 Å². The summed E-state index contributed by atoms with van der Waals surface area (Å²) in [6.07, 6.45) is 2.66. The Morgan fingerprint density at radius 2 is 2.10 bits per heavy atom. The van der Waals surface area contributed by atoms with Gasteiger partial charge in [-0.15, -0.1) is 0 Å². The number of ether oxygens (including phenoxy) is 1. The molecule has 0 radical (unpaired) electrons. The second-order valence-electron chi connectivity index (χ2n) is 6.25. The molecule has 0 N–H and O–H groups in total. The average Bonchev–Trinajstić information content (AvgIpc) is 2.43. The molecular formula is C17H21NO3. The van der Waals surface area contributed by atoms with Crippen LogP contribution in [0.1, 0.15) is 37.5 Å². The lowest BCUT2D eigenvalue weighted by Gasteiger charge is -2.35. The average molecular weight is 287 g/mol. The molecule has 0 fully saturated rings. The van der Waals surface area contributed by atoms with Gasteiger partial charge in [0.25, 0.3) is 0 Å². The van der Waals surface area contributed by atoms with E-state index in [0.717, 1.165) is 23.0 Å². The third-order valence-electron chi connectivity index (χ3n) is 3.42. The highest BCUT2D eigenvalue weighted by atomic mass is 16.6. The normalized spacial score (nSPS) is 17.9. The van der Waals surface area contributed by atoms with E-state index in [-0.39, 0.29) is 0 Å². The smallest absolute Gasteiger partial charge is 0.411 e. The molecule has 1 unspecified atom stereocenters. The minimum absolute atomic E-state index is 0.384. The zero-order valence-corrected chi connectivity index (χ0v) is 12.8. The highest BCUT2D eigenvalue weighted by Gasteiger charge is 2.32. The van der Waals surface area contributed by atoms with Gasteiger partial charge in [0.2, 0.25) is 0 Å². The van der Waals surface area contributed by atoms with E-state index < -0.39 is 17.7 Å². The fourth-order valence-electron chi connectivity index (χ4n) is 2.40. The minimum atomic E-state index is -0.576. The molecule has 1 aromatic rings. The number of hydrogen-bond acceptors (Lipinski definition) is 3. The van der Waals surface area contributed by atoms with Crippen LogP contribution in [0.4, 0.5) is 4.79 Å². The molecule has 0 spiro atoms. The highest BCUT2D eigenvalue weighted by molar-refractivity contribution is 5.75. The molecule has 0 saturated heterocycles. The number of amides is 1. The summed E-state index contributed by atoms with van der Waals surface area (Å²) < 4.78 is 5.39. The summed E-state index contributed by atoms with van der Waals surface area (Å²) in [4.78, 5) is 25.1. The third kappa shape index (κ3) is 3.51. The van der Waals surface area contributed by atoms with Crippen LogP contribution < -0.4 is 0 Å². The lowest BCUT2D eigenvalue weighted by molar-refractivity contribution is -0.113. The SMILES string of the molecule is C=Cc1ccc2c(c1)CN(C(=O)OC(C)(C)C)C(C=O)C2. The molecule has 1 amide bonds. The van der Waals surface area contributed by atoms with E-state index in [1.165, 1.54) is 4.90 Å². The van der Waals surface area contributed by atoms with E-state index in [2.05, 4.69) is 6.58 Å². The van der Waals surface area contributed by atoms with Gasteiger partial charge >= 0.3 is 6.09 Å². The van der Waals surface area contributed by atoms with Gasteiger partial charge in [0.05, 0.1) is 12.6 Å². The van der Waals surface area contributed by atoms with E-state index in [1.807, 2.05) is 39.0 Å². The van der Waals surface area contributed by atoms with Crippen LogP contribution >= 0.6 is 0 Å². The number of fused-ring (bicyclic) bond motifs is 1. The van der Waals surface area contributed by atoms with Crippen LogP contribution in [0.5, 0.6) is 0 Å². The topological polar surface area (TPSA) is 46.6 Å². The molecular weight excluding hydrogens is 266 g/mol. The minimum Gasteiger partial charge on any atom is -0.444 e. The Bertz CT molecular complexity index is 572. The molecule has 21 heavy (non-hydrogen) atoms. The van der Waals surface area contributed by atoms with Crippen molar-refractivity contribution in [2.24, 2.45) is 0 Å². The maximum Gasteiger partial charge on any atom is 0.411 e. The van der Waals surface area contributed by atoms with Crippen molar-refractivity contribution in [2.45, 2.75) is 45.4 Å². The number of nitrogens with zero attached hydrogens (tertiary/aromatic N) is 1. The van der Waals surface area contributed by atoms with Crippen LogP contribution in [0.3, 0.4) is 0 Å². The number of benzene rings is 1. The molecule has 2 rings (SSSR count). The molecule has 1 aromatic carbocycles.